The van der Waals surface area contributed by atoms with E-state index in [1.807, 2.05) is 36.4 Å². The highest BCUT2D eigenvalue weighted by molar-refractivity contribution is 8.00. The molecule has 1 aliphatic carbocycles. The minimum atomic E-state index is -1.02. The predicted molar refractivity (Wildman–Crippen MR) is 96.7 cm³/mol. The van der Waals surface area contributed by atoms with Gasteiger partial charge in [-0.2, -0.15) is 0 Å². The summed E-state index contributed by atoms with van der Waals surface area (Å²) in [4.78, 5) is 25.7. The second-order valence-corrected chi connectivity index (χ2v) is 7.73. The molecule has 2 N–H and O–H groups in total. The van der Waals surface area contributed by atoms with Gasteiger partial charge in [-0.1, -0.05) is 42.5 Å². The molecule has 1 saturated carbocycles. The zero-order chi connectivity index (χ0) is 17.4. The van der Waals surface area contributed by atoms with Gasteiger partial charge in [0, 0.05) is 12.3 Å². The van der Waals surface area contributed by atoms with Crippen molar-refractivity contribution in [3.05, 3.63) is 59.3 Å². The summed E-state index contributed by atoms with van der Waals surface area (Å²) in [5, 5.41) is 12.7. The van der Waals surface area contributed by atoms with Crippen LogP contribution in [0.25, 0.3) is 0 Å². The number of nitrogens with one attached hydrogen (secondary N) is 1. The van der Waals surface area contributed by atoms with E-state index in [2.05, 4.69) is 11.4 Å². The molecule has 1 amide bonds. The fourth-order valence-electron chi connectivity index (χ4n) is 3.19. The number of allylic oxidation sites excluding steroid dienone is 2. The molecule has 6 heteroatoms. The summed E-state index contributed by atoms with van der Waals surface area (Å²) in [6.07, 6.45) is 6.34. The summed E-state index contributed by atoms with van der Waals surface area (Å²) in [6.45, 7) is 0.600. The van der Waals surface area contributed by atoms with Gasteiger partial charge < -0.3 is 5.11 Å². The van der Waals surface area contributed by atoms with Gasteiger partial charge in [-0.3, -0.25) is 15.0 Å². The van der Waals surface area contributed by atoms with Crippen LogP contribution in [-0.2, 0) is 16.1 Å². The van der Waals surface area contributed by atoms with Crippen molar-refractivity contribution in [2.45, 2.75) is 30.8 Å². The average molecular weight is 356 g/mol. The Bertz CT molecular complexity index is 755. The van der Waals surface area contributed by atoms with Crippen molar-refractivity contribution in [3.8, 4) is 0 Å². The predicted octanol–water partition coefficient (Wildman–Crippen LogP) is 2.36. The van der Waals surface area contributed by atoms with Crippen molar-refractivity contribution < 1.29 is 14.7 Å². The summed E-state index contributed by atoms with van der Waals surface area (Å²) in [5.41, 5.74) is 2.01. The second-order valence-electron chi connectivity index (χ2n) is 6.63. The third kappa shape index (κ3) is 3.24. The van der Waals surface area contributed by atoms with Crippen molar-refractivity contribution in [3.63, 3.8) is 0 Å². The zero-order valence-corrected chi connectivity index (χ0v) is 14.5. The van der Waals surface area contributed by atoms with E-state index in [-0.39, 0.29) is 23.0 Å². The van der Waals surface area contributed by atoms with Gasteiger partial charge >= 0.3 is 5.97 Å². The Hall–Kier alpha value is -2.05. The molecule has 0 aromatic heterocycles. The molecule has 0 spiro atoms. The summed E-state index contributed by atoms with van der Waals surface area (Å²) < 4.78 is 0. The fourth-order valence-corrected chi connectivity index (χ4v) is 4.54. The Morgan fingerprint density at radius 1 is 1.32 bits per heavy atom. The summed E-state index contributed by atoms with van der Waals surface area (Å²) in [6, 6.07) is 9.57. The van der Waals surface area contributed by atoms with Crippen LogP contribution in [0.3, 0.4) is 0 Å². The number of benzene rings is 1. The highest BCUT2D eigenvalue weighted by Crippen LogP contribution is 2.41. The first-order valence-electron chi connectivity index (χ1n) is 8.52. The van der Waals surface area contributed by atoms with Crippen molar-refractivity contribution >= 4 is 23.6 Å². The van der Waals surface area contributed by atoms with E-state index < -0.39 is 5.97 Å². The van der Waals surface area contributed by atoms with Crippen LogP contribution in [0.5, 0.6) is 0 Å². The van der Waals surface area contributed by atoms with Crippen molar-refractivity contribution in [1.29, 1.82) is 0 Å². The first-order chi connectivity index (χ1) is 12.1. The molecule has 0 bridgehead atoms. The lowest BCUT2D eigenvalue weighted by Gasteiger charge is -2.49. The van der Waals surface area contributed by atoms with Crippen LogP contribution >= 0.6 is 11.8 Å². The monoisotopic (exact) mass is 356 g/mol. The van der Waals surface area contributed by atoms with Gasteiger partial charge in [0.2, 0.25) is 5.91 Å². The molecule has 0 radical (unpaired) electrons. The first kappa shape index (κ1) is 16.4. The Morgan fingerprint density at radius 3 is 2.76 bits per heavy atom. The van der Waals surface area contributed by atoms with E-state index >= 15 is 0 Å². The van der Waals surface area contributed by atoms with E-state index in [1.165, 1.54) is 17.7 Å². The number of hydrogen-bond donors (Lipinski definition) is 2. The van der Waals surface area contributed by atoms with Gasteiger partial charge in [-0.25, -0.2) is 4.79 Å². The van der Waals surface area contributed by atoms with Crippen LogP contribution in [0.2, 0.25) is 0 Å². The zero-order valence-electron chi connectivity index (χ0n) is 13.7. The molecule has 2 unspecified atom stereocenters. The number of carboxylic acids is 1. The first-order valence-corrected chi connectivity index (χ1v) is 9.56. The third-order valence-corrected chi connectivity index (χ3v) is 6.06. The smallest absolute Gasteiger partial charge is 0.352 e. The van der Waals surface area contributed by atoms with Crippen molar-refractivity contribution in [1.82, 2.24) is 10.2 Å². The maximum Gasteiger partial charge on any atom is 0.352 e. The van der Waals surface area contributed by atoms with Crippen LogP contribution < -0.4 is 5.32 Å². The molecule has 5 nitrogen and oxygen atoms in total. The number of aliphatic carboxylic acids is 1. The topological polar surface area (TPSA) is 69.6 Å². The SMILES string of the molecule is O=C(O)C1=C(/C=C/C2CC2)CSC2C(NCc3ccccc3)C(=O)N12. The van der Waals surface area contributed by atoms with Crippen LogP contribution in [0.4, 0.5) is 0 Å². The van der Waals surface area contributed by atoms with Crippen LogP contribution in [-0.4, -0.2) is 39.1 Å². The van der Waals surface area contributed by atoms with Crippen molar-refractivity contribution in [2.75, 3.05) is 5.75 Å². The maximum absolute atomic E-state index is 12.6. The van der Waals surface area contributed by atoms with E-state index in [1.54, 1.807) is 11.8 Å². The number of carbonyl (C=O) groups is 2. The van der Waals surface area contributed by atoms with E-state index in [4.69, 9.17) is 0 Å². The van der Waals surface area contributed by atoms with Gasteiger partial charge in [-0.15, -0.1) is 11.8 Å². The molecule has 2 atom stereocenters. The Kier molecular flexibility index (Phi) is 4.39. The number of fused-ring (bicyclic) bond motifs is 1. The molecule has 1 aromatic carbocycles. The molecule has 3 aliphatic rings. The average Bonchev–Trinajstić information content (AvgIpc) is 3.44. The Balaban J connectivity index is 1.48. The number of β-lactam (4-membered cyclic amide) rings is 1. The fraction of sp³-hybridized carbons (Fsp3) is 0.368. The quantitative estimate of drug-likeness (QED) is 0.766. The van der Waals surface area contributed by atoms with Gasteiger partial charge in [0.05, 0.1) is 0 Å². The minimum absolute atomic E-state index is 0.139. The number of hydrogen-bond acceptors (Lipinski definition) is 4. The molecule has 130 valence electrons. The van der Waals surface area contributed by atoms with E-state index in [0.29, 0.717) is 18.2 Å². The van der Waals surface area contributed by atoms with Gasteiger partial charge in [0.15, 0.2) is 0 Å². The van der Waals surface area contributed by atoms with E-state index in [9.17, 15) is 14.7 Å². The number of thioether (sulfide) groups is 1. The molecular formula is C19H20N2O3S. The normalized spacial score (nSPS) is 25.9. The molecule has 2 aliphatic heterocycles. The third-order valence-electron chi connectivity index (χ3n) is 4.76. The summed E-state index contributed by atoms with van der Waals surface area (Å²) in [7, 11) is 0. The molecule has 1 saturated heterocycles. The summed E-state index contributed by atoms with van der Waals surface area (Å²) in [5.74, 6) is 0.0409. The molecule has 25 heavy (non-hydrogen) atoms. The van der Waals surface area contributed by atoms with Crippen LogP contribution in [0, 0.1) is 5.92 Å². The largest absolute Gasteiger partial charge is 0.477 e. The highest BCUT2D eigenvalue weighted by atomic mass is 32.2. The highest BCUT2D eigenvalue weighted by Gasteiger charge is 2.53. The minimum Gasteiger partial charge on any atom is -0.477 e. The maximum atomic E-state index is 12.6. The van der Waals surface area contributed by atoms with Crippen molar-refractivity contribution in [2.24, 2.45) is 5.92 Å². The number of rotatable bonds is 6. The Labute approximate surface area is 150 Å². The number of amides is 1. The molecule has 4 rings (SSSR count). The molecule has 1 aromatic rings. The lowest BCUT2D eigenvalue weighted by Crippen LogP contribution is -2.69. The van der Waals surface area contributed by atoms with Gasteiger partial charge in [-0.05, 0) is 29.9 Å². The second kappa shape index (κ2) is 6.69. The number of nitrogens with zero attached hydrogens (tertiary/aromatic N) is 1. The van der Waals surface area contributed by atoms with Gasteiger partial charge in [0.1, 0.15) is 17.1 Å². The van der Waals surface area contributed by atoms with Crippen LogP contribution in [0.1, 0.15) is 18.4 Å². The van der Waals surface area contributed by atoms with Crippen LogP contribution in [0.15, 0.2) is 53.8 Å². The molecule has 2 fully saturated rings. The standard InChI is InChI=1S/C19H20N2O3S/c22-17-15(20-10-13-4-2-1-3-5-13)18-21(17)16(19(23)24)14(11-25-18)9-8-12-6-7-12/h1-5,8-9,12,15,18,20H,6-7,10-11H2,(H,23,24)/b9-8+. The van der Waals surface area contributed by atoms with Gasteiger partial charge in [0.25, 0.3) is 0 Å². The lowest BCUT2D eigenvalue weighted by atomic mass is 10.0. The molecule has 2 heterocycles. The molecular weight excluding hydrogens is 336 g/mol. The number of carboxylic acid groups (broad SMARTS) is 1. The number of carbonyl (C=O) groups excluding carboxylic acids is 1. The van der Waals surface area contributed by atoms with E-state index in [0.717, 1.165) is 11.1 Å². The Morgan fingerprint density at radius 2 is 2.08 bits per heavy atom. The summed E-state index contributed by atoms with van der Waals surface area (Å²) >= 11 is 1.63. The lowest BCUT2D eigenvalue weighted by molar-refractivity contribution is -0.149.